The number of nitrogens with one attached hydrogen (secondary N) is 2. The van der Waals surface area contributed by atoms with E-state index in [2.05, 4.69) is 20.5 Å². The average Bonchev–Trinajstić information content (AvgIpc) is 3.28. The molecule has 1 amide bonds. The SMILES string of the molecule is CCc1nc(SCC(=O)NCc2ccc(-c3ccc(Cl)cc3)o2)n[nH]1. The first-order valence-electron chi connectivity index (χ1n) is 7.79. The summed E-state index contributed by atoms with van der Waals surface area (Å²) in [6.07, 6.45) is 0.786. The lowest BCUT2D eigenvalue weighted by molar-refractivity contribution is -0.118. The minimum absolute atomic E-state index is 0.0997. The molecule has 0 saturated carbocycles. The lowest BCUT2D eigenvalue weighted by Crippen LogP contribution is -2.24. The molecule has 0 unspecified atom stereocenters. The van der Waals surface area contributed by atoms with Gasteiger partial charge in [-0.05, 0) is 36.4 Å². The van der Waals surface area contributed by atoms with Gasteiger partial charge in [-0.15, -0.1) is 5.10 Å². The number of benzene rings is 1. The summed E-state index contributed by atoms with van der Waals surface area (Å²) in [5.41, 5.74) is 0.939. The number of furan rings is 1. The van der Waals surface area contributed by atoms with Gasteiger partial charge in [-0.1, -0.05) is 30.3 Å². The van der Waals surface area contributed by atoms with E-state index in [-0.39, 0.29) is 11.7 Å². The zero-order valence-electron chi connectivity index (χ0n) is 13.6. The molecule has 0 radical (unpaired) electrons. The molecule has 2 aromatic heterocycles. The van der Waals surface area contributed by atoms with Crippen LogP contribution in [-0.4, -0.2) is 26.8 Å². The Morgan fingerprint density at radius 1 is 1.28 bits per heavy atom. The highest BCUT2D eigenvalue weighted by atomic mass is 35.5. The number of aryl methyl sites for hydroxylation is 1. The molecule has 0 aliphatic rings. The number of H-pyrrole nitrogens is 1. The number of halogens is 1. The lowest BCUT2D eigenvalue weighted by Gasteiger charge is -2.02. The van der Waals surface area contributed by atoms with Gasteiger partial charge in [0.25, 0.3) is 0 Å². The summed E-state index contributed by atoms with van der Waals surface area (Å²) < 4.78 is 5.75. The van der Waals surface area contributed by atoms with Crippen LogP contribution >= 0.6 is 23.4 Å². The number of hydrogen-bond acceptors (Lipinski definition) is 5. The van der Waals surface area contributed by atoms with Gasteiger partial charge in [-0.25, -0.2) is 4.98 Å². The quantitative estimate of drug-likeness (QED) is 0.614. The number of hydrogen-bond donors (Lipinski definition) is 2. The van der Waals surface area contributed by atoms with E-state index in [9.17, 15) is 4.79 Å². The van der Waals surface area contributed by atoms with Crippen molar-refractivity contribution >= 4 is 29.3 Å². The predicted octanol–water partition coefficient (Wildman–Crippen LogP) is 3.69. The van der Waals surface area contributed by atoms with Gasteiger partial charge in [0.2, 0.25) is 11.1 Å². The Hall–Kier alpha value is -2.25. The molecule has 0 spiro atoms. The van der Waals surface area contributed by atoms with Crippen LogP contribution in [0.15, 0.2) is 46.0 Å². The largest absolute Gasteiger partial charge is 0.459 e. The smallest absolute Gasteiger partial charge is 0.230 e. The van der Waals surface area contributed by atoms with Crippen molar-refractivity contribution in [3.05, 3.63) is 53.0 Å². The van der Waals surface area contributed by atoms with Gasteiger partial charge in [-0.3, -0.25) is 9.89 Å². The molecule has 0 atom stereocenters. The third kappa shape index (κ3) is 4.87. The highest BCUT2D eigenvalue weighted by Crippen LogP contribution is 2.23. The second kappa shape index (κ2) is 8.22. The first kappa shape index (κ1) is 17.6. The molecule has 6 nitrogen and oxygen atoms in total. The zero-order chi connectivity index (χ0) is 17.6. The third-order valence-electron chi connectivity index (χ3n) is 3.43. The normalized spacial score (nSPS) is 10.8. The molecular formula is C17H17ClN4O2S. The van der Waals surface area contributed by atoms with E-state index in [0.717, 1.165) is 23.6 Å². The highest BCUT2D eigenvalue weighted by Gasteiger charge is 2.09. The molecule has 3 rings (SSSR count). The molecule has 2 heterocycles. The summed E-state index contributed by atoms with van der Waals surface area (Å²) in [6, 6.07) is 11.1. The molecule has 1 aromatic carbocycles. The molecule has 130 valence electrons. The number of aromatic amines is 1. The van der Waals surface area contributed by atoms with Crippen LogP contribution in [-0.2, 0) is 17.8 Å². The van der Waals surface area contributed by atoms with Crippen molar-refractivity contribution in [2.45, 2.75) is 25.0 Å². The van der Waals surface area contributed by atoms with E-state index >= 15 is 0 Å². The van der Waals surface area contributed by atoms with Crippen LogP contribution in [0.25, 0.3) is 11.3 Å². The lowest BCUT2D eigenvalue weighted by atomic mass is 10.2. The van der Waals surface area contributed by atoms with E-state index in [1.54, 1.807) is 0 Å². The molecule has 2 N–H and O–H groups in total. The number of carbonyl (C=O) groups excluding carboxylic acids is 1. The molecule has 3 aromatic rings. The Kier molecular flexibility index (Phi) is 5.78. The highest BCUT2D eigenvalue weighted by molar-refractivity contribution is 7.99. The number of carbonyl (C=O) groups is 1. The number of amides is 1. The monoisotopic (exact) mass is 376 g/mol. The Morgan fingerprint density at radius 2 is 2.08 bits per heavy atom. The summed E-state index contributed by atoms with van der Waals surface area (Å²) in [5.74, 6) is 2.40. The second-order valence-electron chi connectivity index (χ2n) is 5.26. The Balaban J connectivity index is 1.48. The van der Waals surface area contributed by atoms with E-state index in [0.29, 0.717) is 22.5 Å². The van der Waals surface area contributed by atoms with Crippen LogP contribution < -0.4 is 5.32 Å². The minimum Gasteiger partial charge on any atom is -0.459 e. The van der Waals surface area contributed by atoms with Crippen LogP contribution in [0.2, 0.25) is 5.02 Å². The predicted molar refractivity (Wildman–Crippen MR) is 97.5 cm³/mol. The number of thioether (sulfide) groups is 1. The van der Waals surface area contributed by atoms with Gasteiger partial charge >= 0.3 is 0 Å². The van der Waals surface area contributed by atoms with Crippen molar-refractivity contribution in [3.63, 3.8) is 0 Å². The van der Waals surface area contributed by atoms with Crippen molar-refractivity contribution in [1.29, 1.82) is 0 Å². The van der Waals surface area contributed by atoms with Gasteiger partial charge < -0.3 is 9.73 Å². The second-order valence-corrected chi connectivity index (χ2v) is 6.64. The fourth-order valence-corrected chi connectivity index (χ4v) is 2.88. The van der Waals surface area contributed by atoms with Crippen molar-refractivity contribution in [3.8, 4) is 11.3 Å². The van der Waals surface area contributed by atoms with Crippen molar-refractivity contribution in [1.82, 2.24) is 20.5 Å². The molecule has 0 aliphatic heterocycles. The fourth-order valence-electron chi connectivity index (χ4n) is 2.11. The zero-order valence-corrected chi connectivity index (χ0v) is 15.2. The maximum atomic E-state index is 11.9. The number of nitrogens with zero attached hydrogens (tertiary/aromatic N) is 2. The standard InChI is InChI=1S/C17H17ClN4O2S/c1-2-15-20-17(22-21-15)25-10-16(23)19-9-13-7-8-14(24-13)11-3-5-12(18)6-4-11/h3-8H,2,9-10H2,1H3,(H,19,23)(H,20,21,22). The molecule has 0 bridgehead atoms. The topological polar surface area (TPSA) is 83.8 Å². The molecule has 0 fully saturated rings. The van der Waals surface area contributed by atoms with Gasteiger partial charge in [0, 0.05) is 17.0 Å². The van der Waals surface area contributed by atoms with Gasteiger partial charge in [0.15, 0.2) is 0 Å². The van der Waals surface area contributed by atoms with E-state index in [4.69, 9.17) is 16.0 Å². The van der Waals surface area contributed by atoms with Crippen LogP contribution in [0.4, 0.5) is 0 Å². The molecule has 8 heteroatoms. The molecule has 0 saturated heterocycles. The summed E-state index contributed by atoms with van der Waals surface area (Å²) in [5, 5.41) is 10.9. The van der Waals surface area contributed by atoms with Crippen LogP contribution in [0.1, 0.15) is 18.5 Å². The Morgan fingerprint density at radius 3 is 2.80 bits per heavy atom. The van der Waals surface area contributed by atoms with E-state index in [1.165, 1.54) is 11.8 Å². The molecule has 0 aliphatic carbocycles. The van der Waals surface area contributed by atoms with Crippen LogP contribution in [0, 0.1) is 0 Å². The van der Waals surface area contributed by atoms with Crippen molar-refractivity contribution in [2.75, 3.05) is 5.75 Å². The Bertz CT molecular complexity index is 844. The van der Waals surface area contributed by atoms with Crippen LogP contribution in [0.5, 0.6) is 0 Å². The van der Waals surface area contributed by atoms with E-state index in [1.807, 2.05) is 43.3 Å². The van der Waals surface area contributed by atoms with Crippen molar-refractivity contribution < 1.29 is 9.21 Å². The van der Waals surface area contributed by atoms with Gasteiger partial charge in [-0.2, -0.15) is 0 Å². The van der Waals surface area contributed by atoms with E-state index < -0.39 is 0 Å². The summed E-state index contributed by atoms with van der Waals surface area (Å²) in [4.78, 5) is 16.2. The summed E-state index contributed by atoms with van der Waals surface area (Å²) in [6.45, 7) is 2.32. The summed E-state index contributed by atoms with van der Waals surface area (Å²) >= 11 is 7.18. The van der Waals surface area contributed by atoms with Gasteiger partial charge in [0.05, 0.1) is 12.3 Å². The maximum Gasteiger partial charge on any atom is 0.230 e. The minimum atomic E-state index is -0.0997. The Labute approximate surface area is 154 Å². The van der Waals surface area contributed by atoms with Crippen LogP contribution in [0.3, 0.4) is 0 Å². The average molecular weight is 377 g/mol. The molecule has 25 heavy (non-hydrogen) atoms. The fraction of sp³-hybridized carbons (Fsp3) is 0.235. The first-order valence-corrected chi connectivity index (χ1v) is 9.16. The first-order chi connectivity index (χ1) is 12.1. The number of aromatic nitrogens is 3. The van der Waals surface area contributed by atoms with Crippen molar-refractivity contribution in [2.24, 2.45) is 0 Å². The summed E-state index contributed by atoms with van der Waals surface area (Å²) in [7, 11) is 0. The maximum absolute atomic E-state index is 11.9. The molecular weight excluding hydrogens is 360 g/mol. The number of rotatable bonds is 7. The third-order valence-corrected chi connectivity index (χ3v) is 4.53. The van der Waals surface area contributed by atoms with Gasteiger partial charge in [0.1, 0.15) is 17.3 Å².